The lowest BCUT2D eigenvalue weighted by molar-refractivity contribution is 0.0600. The van der Waals surface area contributed by atoms with Crippen molar-refractivity contribution < 1.29 is 9.53 Å². The van der Waals surface area contributed by atoms with Gasteiger partial charge in [0.15, 0.2) is 0 Å². The van der Waals surface area contributed by atoms with E-state index in [1.165, 1.54) is 7.11 Å². The number of anilines is 1. The highest BCUT2D eigenvalue weighted by atomic mass is 16.5. The first-order valence-corrected chi connectivity index (χ1v) is 7.24. The molecule has 1 aliphatic heterocycles. The first-order valence-electron chi connectivity index (χ1n) is 7.24. The Morgan fingerprint density at radius 3 is 2.90 bits per heavy atom. The number of esters is 1. The lowest BCUT2D eigenvalue weighted by atomic mass is 9.97. The van der Waals surface area contributed by atoms with Crippen LogP contribution in [0.25, 0.3) is 0 Å². The molecule has 1 aromatic rings. The monoisotopic (exact) mass is 277 g/mol. The maximum Gasteiger partial charge on any atom is 0.338 e. The minimum absolute atomic E-state index is 0.310. The molecule has 5 nitrogen and oxygen atoms in total. The number of carbonyl (C=O) groups excluding carboxylic acids is 1. The van der Waals surface area contributed by atoms with Crippen molar-refractivity contribution in [3.63, 3.8) is 0 Å². The highest BCUT2D eigenvalue weighted by molar-refractivity contribution is 5.90. The largest absolute Gasteiger partial charge is 0.465 e. The fraction of sp³-hybridized carbons (Fsp3) is 0.600. The van der Waals surface area contributed by atoms with Crippen LogP contribution in [-0.4, -0.2) is 44.2 Å². The van der Waals surface area contributed by atoms with Crippen molar-refractivity contribution in [1.29, 1.82) is 0 Å². The summed E-state index contributed by atoms with van der Waals surface area (Å²) in [5.74, 6) is 1.31. The number of ether oxygens (including phenoxy) is 1. The van der Waals surface area contributed by atoms with E-state index in [9.17, 15) is 4.79 Å². The summed E-state index contributed by atoms with van der Waals surface area (Å²) >= 11 is 0. The summed E-state index contributed by atoms with van der Waals surface area (Å²) in [5.41, 5.74) is 0.562. The number of nitrogens with zero attached hydrogens (tertiary/aromatic N) is 2. The third kappa shape index (κ3) is 3.70. The second kappa shape index (κ2) is 7.24. The molecule has 0 saturated carbocycles. The number of piperidine rings is 1. The van der Waals surface area contributed by atoms with E-state index >= 15 is 0 Å². The van der Waals surface area contributed by atoms with E-state index in [0.29, 0.717) is 5.56 Å². The molecule has 5 heteroatoms. The molecule has 1 N–H and O–H groups in total. The van der Waals surface area contributed by atoms with Crippen molar-refractivity contribution in [2.24, 2.45) is 5.92 Å². The van der Waals surface area contributed by atoms with Gasteiger partial charge in [0.1, 0.15) is 5.82 Å². The van der Waals surface area contributed by atoms with Gasteiger partial charge < -0.3 is 15.0 Å². The van der Waals surface area contributed by atoms with Gasteiger partial charge in [-0.05, 0) is 44.0 Å². The first-order chi connectivity index (χ1) is 9.74. The molecular formula is C15H23N3O2. The van der Waals surface area contributed by atoms with Crippen LogP contribution in [0.5, 0.6) is 0 Å². The van der Waals surface area contributed by atoms with E-state index in [4.69, 9.17) is 4.74 Å². The molecule has 1 aromatic heterocycles. The summed E-state index contributed by atoms with van der Waals surface area (Å²) in [6.45, 7) is 6.25. The zero-order valence-electron chi connectivity index (χ0n) is 12.3. The lowest BCUT2D eigenvalue weighted by Crippen LogP contribution is -2.37. The molecule has 110 valence electrons. The summed E-state index contributed by atoms with van der Waals surface area (Å²) < 4.78 is 4.75. The van der Waals surface area contributed by atoms with Gasteiger partial charge in [-0.25, -0.2) is 9.78 Å². The number of carbonyl (C=O) groups is 1. The molecule has 2 rings (SSSR count). The molecule has 1 saturated heterocycles. The summed E-state index contributed by atoms with van der Waals surface area (Å²) in [6, 6.07) is 3.50. The Labute approximate surface area is 120 Å². The molecule has 0 radical (unpaired) electrons. The third-order valence-corrected chi connectivity index (χ3v) is 3.79. The number of hydrogen-bond donors (Lipinski definition) is 1. The van der Waals surface area contributed by atoms with E-state index in [1.807, 2.05) is 6.07 Å². The van der Waals surface area contributed by atoms with Gasteiger partial charge in [0.2, 0.25) is 0 Å². The molecule has 1 fully saturated rings. The van der Waals surface area contributed by atoms with Crippen molar-refractivity contribution >= 4 is 11.8 Å². The first kappa shape index (κ1) is 14.8. The van der Waals surface area contributed by atoms with Crippen LogP contribution in [0, 0.1) is 5.92 Å². The van der Waals surface area contributed by atoms with Gasteiger partial charge in [-0.1, -0.05) is 6.92 Å². The van der Waals surface area contributed by atoms with Crippen molar-refractivity contribution in [1.82, 2.24) is 10.3 Å². The Kier molecular flexibility index (Phi) is 5.35. The van der Waals surface area contributed by atoms with Gasteiger partial charge in [0.05, 0.1) is 12.7 Å². The van der Waals surface area contributed by atoms with Gasteiger partial charge in [0.25, 0.3) is 0 Å². The van der Waals surface area contributed by atoms with Crippen molar-refractivity contribution in [2.75, 3.05) is 38.2 Å². The van der Waals surface area contributed by atoms with Crippen molar-refractivity contribution in [3.05, 3.63) is 23.9 Å². The number of hydrogen-bond acceptors (Lipinski definition) is 5. The van der Waals surface area contributed by atoms with Gasteiger partial charge in [-0.2, -0.15) is 0 Å². The van der Waals surface area contributed by atoms with E-state index in [0.717, 1.165) is 50.8 Å². The van der Waals surface area contributed by atoms with Crippen LogP contribution in [-0.2, 0) is 4.74 Å². The predicted molar refractivity (Wildman–Crippen MR) is 79.1 cm³/mol. The predicted octanol–water partition coefficient (Wildman–Crippen LogP) is 1.69. The second-order valence-electron chi connectivity index (χ2n) is 5.13. The summed E-state index contributed by atoms with van der Waals surface area (Å²) in [5, 5.41) is 3.41. The molecule has 20 heavy (non-hydrogen) atoms. The average Bonchev–Trinajstić information content (AvgIpc) is 2.52. The number of nitrogens with one attached hydrogen (secondary N) is 1. The van der Waals surface area contributed by atoms with Crippen LogP contribution in [0.3, 0.4) is 0 Å². The van der Waals surface area contributed by atoms with E-state index in [1.54, 1.807) is 12.3 Å². The minimum Gasteiger partial charge on any atom is -0.465 e. The number of rotatable bonds is 5. The fourth-order valence-corrected chi connectivity index (χ4v) is 2.55. The van der Waals surface area contributed by atoms with Crippen LogP contribution < -0.4 is 10.2 Å². The van der Waals surface area contributed by atoms with E-state index in [-0.39, 0.29) is 5.97 Å². The van der Waals surface area contributed by atoms with Crippen LogP contribution >= 0.6 is 0 Å². The number of aromatic nitrogens is 1. The molecule has 0 aliphatic carbocycles. The molecule has 0 unspecified atom stereocenters. The van der Waals surface area contributed by atoms with Gasteiger partial charge >= 0.3 is 5.97 Å². The molecule has 2 heterocycles. The Morgan fingerprint density at radius 2 is 2.25 bits per heavy atom. The maximum atomic E-state index is 11.5. The third-order valence-electron chi connectivity index (χ3n) is 3.79. The van der Waals surface area contributed by atoms with Gasteiger partial charge in [-0.3, -0.25) is 0 Å². The summed E-state index contributed by atoms with van der Waals surface area (Å²) in [7, 11) is 1.40. The Hall–Kier alpha value is -1.62. The van der Waals surface area contributed by atoms with Crippen molar-refractivity contribution in [2.45, 2.75) is 19.8 Å². The van der Waals surface area contributed by atoms with Gasteiger partial charge in [0, 0.05) is 19.3 Å². The minimum atomic E-state index is -0.310. The fourth-order valence-electron chi connectivity index (χ4n) is 2.55. The normalized spacial score (nSPS) is 16.2. The van der Waals surface area contributed by atoms with E-state index < -0.39 is 0 Å². The second-order valence-corrected chi connectivity index (χ2v) is 5.13. The Bertz CT molecular complexity index is 442. The molecule has 0 spiro atoms. The lowest BCUT2D eigenvalue weighted by Gasteiger charge is -2.33. The van der Waals surface area contributed by atoms with Crippen molar-refractivity contribution in [3.8, 4) is 0 Å². The van der Waals surface area contributed by atoms with E-state index in [2.05, 4.69) is 22.1 Å². The standard InChI is InChI=1S/C15H23N3O2/c1-3-16-11-12-5-8-18(9-6-12)14-10-13(4-7-17-14)15(19)20-2/h4,7,10,12,16H,3,5-6,8-9,11H2,1-2H3. The number of methoxy groups -OCH3 is 1. The quantitative estimate of drug-likeness (QED) is 0.830. The molecular weight excluding hydrogens is 254 g/mol. The van der Waals surface area contributed by atoms with Crippen LogP contribution in [0.4, 0.5) is 5.82 Å². The zero-order chi connectivity index (χ0) is 14.4. The number of pyridine rings is 1. The Morgan fingerprint density at radius 1 is 1.50 bits per heavy atom. The van der Waals surface area contributed by atoms with Gasteiger partial charge in [-0.15, -0.1) is 0 Å². The maximum absolute atomic E-state index is 11.5. The zero-order valence-corrected chi connectivity index (χ0v) is 12.3. The SMILES string of the molecule is CCNCC1CCN(c2cc(C(=O)OC)ccn2)CC1. The summed E-state index contributed by atoms with van der Waals surface area (Å²) in [6.07, 6.45) is 4.00. The van der Waals surface area contributed by atoms with Crippen LogP contribution in [0.15, 0.2) is 18.3 Å². The average molecular weight is 277 g/mol. The highest BCUT2D eigenvalue weighted by Gasteiger charge is 2.20. The van der Waals surface area contributed by atoms with Crippen LogP contribution in [0.2, 0.25) is 0 Å². The Balaban J connectivity index is 1.95. The highest BCUT2D eigenvalue weighted by Crippen LogP contribution is 2.22. The molecule has 0 aromatic carbocycles. The van der Waals surface area contributed by atoms with Crippen LogP contribution in [0.1, 0.15) is 30.1 Å². The molecule has 0 atom stereocenters. The molecule has 0 bridgehead atoms. The smallest absolute Gasteiger partial charge is 0.338 e. The molecule has 1 aliphatic rings. The topological polar surface area (TPSA) is 54.5 Å². The molecule has 0 amide bonds. The summed E-state index contributed by atoms with van der Waals surface area (Å²) in [4.78, 5) is 18.2.